The molecule has 2 aromatic rings. The van der Waals surface area contributed by atoms with Crippen LogP contribution in [-0.2, 0) is 6.54 Å². The van der Waals surface area contributed by atoms with Crippen LogP contribution in [0.15, 0.2) is 18.2 Å². The summed E-state index contributed by atoms with van der Waals surface area (Å²) in [5.74, 6) is 1.62. The third kappa shape index (κ3) is 2.01. The van der Waals surface area contributed by atoms with E-state index in [1.807, 2.05) is 0 Å². The number of rotatable bonds is 2. The molecule has 1 heterocycles. The van der Waals surface area contributed by atoms with Gasteiger partial charge in [0, 0.05) is 6.54 Å². The Hall–Kier alpha value is -1.09. The first-order valence-corrected chi connectivity index (χ1v) is 7.25. The molecule has 1 aromatic carbocycles. The number of aromatic amines is 1. The molecule has 1 aliphatic rings. The molecule has 1 fully saturated rings. The summed E-state index contributed by atoms with van der Waals surface area (Å²) in [5.41, 5.74) is 3.70. The van der Waals surface area contributed by atoms with Crippen LogP contribution in [-0.4, -0.2) is 9.55 Å². The van der Waals surface area contributed by atoms with Crippen LogP contribution < -0.4 is 0 Å². The summed E-state index contributed by atoms with van der Waals surface area (Å²) in [5, 5.41) is 0. The van der Waals surface area contributed by atoms with Crippen LogP contribution in [0.1, 0.15) is 31.7 Å². The first-order chi connectivity index (χ1) is 8.65. The lowest BCUT2D eigenvalue weighted by Gasteiger charge is -2.16. The third-order valence-corrected chi connectivity index (χ3v) is 4.71. The van der Waals surface area contributed by atoms with Crippen molar-refractivity contribution in [3.05, 3.63) is 28.5 Å². The molecule has 1 aliphatic carbocycles. The number of nitrogens with zero attached hydrogens (tertiary/aromatic N) is 1. The lowest BCUT2D eigenvalue weighted by Crippen LogP contribution is -2.13. The fourth-order valence-corrected chi connectivity index (χ4v) is 3.47. The van der Waals surface area contributed by atoms with Crippen molar-refractivity contribution >= 4 is 23.3 Å². The zero-order valence-electron chi connectivity index (χ0n) is 11.1. The smallest absolute Gasteiger partial charge is 0.178 e. The molecule has 2 unspecified atom stereocenters. The van der Waals surface area contributed by atoms with Crippen molar-refractivity contribution in [3.63, 3.8) is 0 Å². The molecule has 3 heteroatoms. The highest BCUT2D eigenvalue weighted by molar-refractivity contribution is 7.71. The SMILES string of the molecule is Cc1ccc2c(c1)[nH]c(=S)n2CC1CCCC1C. The fraction of sp³-hybridized carbons (Fsp3) is 0.533. The molecule has 2 nitrogen and oxygen atoms in total. The van der Waals surface area contributed by atoms with Crippen molar-refractivity contribution in [1.82, 2.24) is 9.55 Å². The maximum Gasteiger partial charge on any atom is 0.178 e. The van der Waals surface area contributed by atoms with Crippen molar-refractivity contribution in [2.75, 3.05) is 0 Å². The Kier molecular flexibility index (Phi) is 3.02. The van der Waals surface area contributed by atoms with Crippen LogP contribution in [0.5, 0.6) is 0 Å². The molecule has 3 rings (SSSR count). The molecule has 0 aliphatic heterocycles. The Balaban J connectivity index is 2.01. The van der Waals surface area contributed by atoms with Gasteiger partial charge in [-0.3, -0.25) is 0 Å². The summed E-state index contributed by atoms with van der Waals surface area (Å²) in [6.07, 6.45) is 4.10. The van der Waals surface area contributed by atoms with Gasteiger partial charge in [-0.1, -0.05) is 25.8 Å². The zero-order valence-corrected chi connectivity index (χ0v) is 11.9. The largest absolute Gasteiger partial charge is 0.331 e. The molecule has 96 valence electrons. The van der Waals surface area contributed by atoms with Crippen LogP contribution in [0.3, 0.4) is 0 Å². The van der Waals surface area contributed by atoms with E-state index in [1.54, 1.807) is 0 Å². The Bertz CT molecular complexity index is 623. The van der Waals surface area contributed by atoms with E-state index in [4.69, 9.17) is 12.2 Å². The molecule has 0 bridgehead atoms. The van der Waals surface area contributed by atoms with Crippen molar-refractivity contribution < 1.29 is 0 Å². The van der Waals surface area contributed by atoms with Gasteiger partial charge < -0.3 is 9.55 Å². The second-order valence-electron chi connectivity index (χ2n) is 5.73. The first-order valence-electron chi connectivity index (χ1n) is 6.84. The van der Waals surface area contributed by atoms with Crippen LogP contribution in [0.2, 0.25) is 0 Å². The number of aromatic nitrogens is 2. The van der Waals surface area contributed by atoms with Gasteiger partial charge in [0.2, 0.25) is 0 Å². The van der Waals surface area contributed by atoms with Crippen LogP contribution in [0.25, 0.3) is 11.0 Å². The highest BCUT2D eigenvalue weighted by Gasteiger charge is 2.24. The number of aryl methyl sites for hydroxylation is 1. The lowest BCUT2D eigenvalue weighted by atomic mass is 9.98. The molecule has 0 radical (unpaired) electrons. The van der Waals surface area contributed by atoms with Crippen molar-refractivity contribution in [2.45, 2.75) is 39.7 Å². The Morgan fingerprint density at radius 2 is 2.22 bits per heavy atom. The molecule has 1 aromatic heterocycles. The Morgan fingerprint density at radius 3 is 2.94 bits per heavy atom. The quantitative estimate of drug-likeness (QED) is 0.791. The second-order valence-corrected chi connectivity index (χ2v) is 6.12. The maximum atomic E-state index is 5.48. The average Bonchev–Trinajstić information content (AvgIpc) is 2.85. The number of benzene rings is 1. The van der Waals surface area contributed by atoms with Crippen LogP contribution in [0, 0.1) is 23.5 Å². The number of H-pyrrole nitrogens is 1. The topological polar surface area (TPSA) is 20.7 Å². The Labute approximate surface area is 113 Å². The predicted molar refractivity (Wildman–Crippen MR) is 78.4 cm³/mol. The van der Waals surface area contributed by atoms with E-state index >= 15 is 0 Å². The molecular formula is C15H20N2S. The van der Waals surface area contributed by atoms with Gasteiger partial charge in [0.05, 0.1) is 11.0 Å². The van der Waals surface area contributed by atoms with E-state index in [0.717, 1.165) is 23.2 Å². The number of hydrogen-bond donors (Lipinski definition) is 1. The minimum Gasteiger partial charge on any atom is -0.331 e. The van der Waals surface area contributed by atoms with Gasteiger partial charge in [-0.25, -0.2) is 0 Å². The van der Waals surface area contributed by atoms with E-state index in [1.165, 1.54) is 35.9 Å². The lowest BCUT2D eigenvalue weighted by molar-refractivity contribution is 0.366. The molecule has 0 amide bonds. The summed E-state index contributed by atoms with van der Waals surface area (Å²) < 4.78 is 3.16. The second kappa shape index (κ2) is 4.54. The third-order valence-electron chi connectivity index (χ3n) is 4.39. The molecule has 0 saturated heterocycles. The molecule has 1 saturated carbocycles. The first kappa shape index (κ1) is 12.0. The fourth-order valence-electron chi connectivity index (χ4n) is 3.19. The Morgan fingerprint density at radius 1 is 1.39 bits per heavy atom. The summed E-state index contributed by atoms with van der Waals surface area (Å²) in [7, 11) is 0. The van der Waals surface area contributed by atoms with Gasteiger partial charge in [-0.05, 0) is 55.1 Å². The predicted octanol–water partition coefficient (Wildman–Crippen LogP) is 4.44. The minimum atomic E-state index is 0.789. The van der Waals surface area contributed by atoms with Crippen molar-refractivity contribution in [3.8, 4) is 0 Å². The summed E-state index contributed by atoms with van der Waals surface area (Å²) in [6.45, 7) is 5.57. The van der Waals surface area contributed by atoms with Crippen molar-refractivity contribution in [2.24, 2.45) is 11.8 Å². The summed E-state index contributed by atoms with van der Waals surface area (Å²) in [6, 6.07) is 6.54. The van der Waals surface area contributed by atoms with Gasteiger partial charge in [-0.15, -0.1) is 0 Å². The number of nitrogens with one attached hydrogen (secondary N) is 1. The zero-order chi connectivity index (χ0) is 12.7. The van der Waals surface area contributed by atoms with E-state index in [-0.39, 0.29) is 0 Å². The molecule has 0 spiro atoms. The standard InChI is InChI=1S/C15H20N2S/c1-10-6-7-14-13(8-10)16-15(18)17(14)9-12-5-3-4-11(12)2/h6-8,11-12H,3-5,9H2,1-2H3,(H,16,18). The van der Waals surface area contributed by atoms with E-state index in [9.17, 15) is 0 Å². The maximum absolute atomic E-state index is 5.48. The normalized spacial score (nSPS) is 23.9. The van der Waals surface area contributed by atoms with E-state index in [0.29, 0.717) is 0 Å². The molecular weight excluding hydrogens is 240 g/mol. The summed E-state index contributed by atoms with van der Waals surface area (Å²) in [4.78, 5) is 3.33. The van der Waals surface area contributed by atoms with E-state index < -0.39 is 0 Å². The molecule has 18 heavy (non-hydrogen) atoms. The number of imidazole rings is 1. The summed E-state index contributed by atoms with van der Waals surface area (Å²) >= 11 is 5.48. The van der Waals surface area contributed by atoms with Crippen LogP contribution >= 0.6 is 12.2 Å². The number of fused-ring (bicyclic) bond motifs is 1. The molecule has 1 N–H and O–H groups in total. The monoisotopic (exact) mass is 260 g/mol. The van der Waals surface area contributed by atoms with Gasteiger partial charge in [0.25, 0.3) is 0 Å². The van der Waals surface area contributed by atoms with Gasteiger partial charge in [-0.2, -0.15) is 0 Å². The average molecular weight is 260 g/mol. The van der Waals surface area contributed by atoms with Crippen LogP contribution in [0.4, 0.5) is 0 Å². The van der Waals surface area contributed by atoms with E-state index in [2.05, 4.69) is 41.6 Å². The highest BCUT2D eigenvalue weighted by atomic mass is 32.1. The highest BCUT2D eigenvalue weighted by Crippen LogP contribution is 2.33. The van der Waals surface area contributed by atoms with Gasteiger partial charge >= 0.3 is 0 Å². The van der Waals surface area contributed by atoms with Gasteiger partial charge in [0.15, 0.2) is 4.77 Å². The van der Waals surface area contributed by atoms with Crippen molar-refractivity contribution in [1.29, 1.82) is 0 Å². The molecule has 2 atom stereocenters. The van der Waals surface area contributed by atoms with Gasteiger partial charge in [0.1, 0.15) is 0 Å². The number of hydrogen-bond acceptors (Lipinski definition) is 1. The minimum absolute atomic E-state index is 0.789.